The number of anilines is 1. The van der Waals surface area contributed by atoms with Crippen molar-refractivity contribution in [1.82, 2.24) is 0 Å². The van der Waals surface area contributed by atoms with Gasteiger partial charge in [0, 0.05) is 39.2 Å². The molecule has 0 fully saturated rings. The summed E-state index contributed by atoms with van der Waals surface area (Å²) in [7, 11) is 0. The van der Waals surface area contributed by atoms with Crippen LogP contribution in [0.4, 0.5) is 5.69 Å². The zero-order valence-corrected chi connectivity index (χ0v) is 23.2. The Morgan fingerprint density at radius 2 is 1.71 bits per heavy atom. The zero-order chi connectivity index (χ0) is 24.5. The molecule has 35 heavy (non-hydrogen) atoms. The maximum Gasteiger partial charge on any atom is 0.263 e. The zero-order valence-electron chi connectivity index (χ0n) is 20.0. The summed E-state index contributed by atoms with van der Waals surface area (Å²) < 4.78 is 3.63. The third-order valence-corrected chi connectivity index (χ3v) is 8.88. The van der Waals surface area contributed by atoms with Crippen molar-refractivity contribution in [3.63, 3.8) is 0 Å². The molecular formula is C29H27Cl2N2S2+. The molecule has 0 spiro atoms. The van der Waals surface area contributed by atoms with Crippen molar-refractivity contribution >= 4 is 68.3 Å². The molecule has 0 saturated heterocycles. The molecule has 0 atom stereocenters. The number of aromatic nitrogens is 1. The van der Waals surface area contributed by atoms with Gasteiger partial charge in [0.2, 0.25) is 5.52 Å². The van der Waals surface area contributed by atoms with E-state index in [1.807, 2.05) is 35.2 Å². The van der Waals surface area contributed by atoms with Gasteiger partial charge in [-0.15, -0.1) is 0 Å². The Kier molecular flexibility index (Phi) is 7.26. The van der Waals surface area contributed by atoms with Crippen molar-refractivity contribution in [2.24, 2.45) is 0 Å². The minimum atomic E-state index is 0.763. The van der Waals surface area contributed by atoms with Gasteiger partial charge in [-0.3, -0.25) is 0 Å². The van der Waals surface area contributed by atoms with Gasteiger partial charge in [-0.25, -0.2) is 0 Å². The lowest BCUT2D eigenvalue weighted by molar-refractivity contribution is -0.659. The van der Waals surface area contributed by atoms with E-state index in [1.54, 1.807) is 0 Å². The van der Waals surface area contributed by atoms with E-state index < -0.39 is 0 Å². The Balaban J connectivity index is 1.56. The molecule has 0 N–H and O–H groups in total. The van der Waals surface area contributed by atoms with E-state index in [-0.39, 0.29) is 0 Å². The van der Waals surface area contributed by atoms with Crippen molar-refractivity contribution in [2.45, 2.75) is 38.6 Å². The van der Waals surface area contributed by atoms with E-state index in [0.717, 1.165) is 29.6 Å². The largest absolute Gasteiger partial charge is 0.335 e. The first-order valence-corrected chi connectivity index (χ1v) is 14.2. The van der Waals surface area contributed by atoms with E-state index in [1.165, 1.54) is 47.5 Å². The molecule has 1 aliphatic heterocycles. The van der Waals surface area contributed by atoms with Crippen LogP contribution in [0.25, 0.3) is 16.3 Å². The van der Waals surface area contributed by atoms with Crippen LogP contribution in [0.1, 0.15) is 36.4 Å². The first kappa shape index (κ1) is 24.5. The lowest BCUT2D eigenvalue weighted by Crippen LogP contribution is -2.35. The molecule has 2 nitrogen and oxygen atoms in total. The second-order valence-electron chi connectivity index (χ2n) is 8.64. The average molecular weight is 539 g/mol. The number of allylic oxidation sites excluding steroid dienone is 2. The first-order chi connectivity index (χ1) is 16.9. The van der Waals surface area contributed by atoms with Gasteiger partial charge in [-0.1, -0.05) is 83.1 Å². The highest BCUT2D eigenvalue weighted by Gasteiger charge is 2.25. The highest BCUT2D eigenvalue weighted by molar-refractivity contribution is 8.03. The molecule has 4 aromatic rings. The fraction of sp³-hybridized carbons (Fsp3) is 0.207. The third-order valence-electron chi connectivity index (χ3n) is 6.19. The van der Waals surface area contributed by atoms with E-state index in [4.69, 9.17) is 23.2 Å². The topological polar surface area (TPSA) is 7.12 Å². The van der Waals surface area contributed by atoms with Gasteiger partial charge in [-0.05, 0) is 62.2 Å². The summed E-state index contributed by atoms with van der Waals surface area (Å²) in [6, 6.07) is 21.1. The Morgan fingerprint density at radius 1 is 0.971 bits per heavy atom. The molecule has 2 heterocycles. The van der Waals surface area contributed by atoms with Gasteiger partial charge in [0.1, 0.15) is 4.70 Å². The lowest BCUT2D eigenvalue weighted by Gasteiger charge is -2.18. The molecule has 0 unspecified atom stereocenters. The van der Waals surface area contributed by atoms with Gasteiger partial charge >= 0.3 is 0 Å². The van der Waals surface area contributed by atoms with Crippen LogP contribution in [-0.2, 0) is 6.54 Å². The number of aryl methyl sites for hydroxylation is 1. The fourth-order valence-corrected chi connectivity index (χ4v) is 6.93. The standard InChI is InChI=1S/C29H27Cl2N2S2/c1-4-20(14-28-32(5-2)24-16-22(30)10-12-26(24)34-28)15-29-33(18-21-8-6-19(3)7-9-21)25-17-23(31)11-13-27(25)35-29/h6-17H,4-5,18H2,1-3H3/q+1. The summed E-state index contributed by atoms with van der Waals surface area (Å²) in [4.78, 5) is 3.60. The lowest BCUT2D eigenvalue weighted by atomic mass is 10.1. The van der Waals surface area contributed by atoms with Crippen molar-refractivity contribution in [2.75, 3.05) is 11.4 Å². The number of hydrogen-bond acceptors (Lipinski definition) is 3. The van der Waals surface area contributed by atoms with Crippen LogP contribution in [0.2, 0.25) is 10.0 Å². The fourth-order valence-electron chi connectivity index (χ4n) is 4.29. The second kappa shape index (κ2) is 10.4. The molecule has 1 aromatic heterocycles. The number of thiazole rings is 1. The van der Waals surface area contributed by atoms with Crippen LogP contribution in [0.15, 0.2) is 82.2 Å². The normalized spacial score (nSPS) is 14.8. The van der Waals surface area contributed by atoms with Crippen LogP contribution in [0, 0.1) is 6.92 Å². The maximum atomic E-state index is 6.41. The van der Waals surface area contributed by atoms with Crippen molar-refractivity contribution in [3.8, 4) is 0 Å². The molecule has 0 amide bonds. The molecule has 1 aliphatic rings. The Bertz CT molecular complexity index is 1450. The molecule has 5 rings (SSSR count). The van der Waals surface area contributed by atoms with Gasteiger partial charge in [0.05, 0.1) is 10.7 Å². The number of hydrogen-bond donors (Lipinski definition) is 0. The van der Waals surface area contributed by atoms with Gasteiger partial charge in [0.25, 0.3) is 5.01 Å². The van der Waals surface area contributed by atoms with Gasteiger partial charge in [0.15, 0.2) is 6.54 Å². The van der Waals surface area contributed by atoms with E-state index in [2.05, 4.69) is 90.9 Å². The number of rotatable bonds is 6. The van der Waals surface area contributed by atoms with Crippen molar-refractivity contribution < 1.29 is 4.57 Å². The number of benzene rings is 3. The average Bonchev–Trinajstić information content (AvgIpc) is 3.36. The predicted molar refractivity (Wildman–Crippen MR) is 154 cm³/mol. The molecule has 0 aliphatic carbocycles. The van der Waals surface area contributed by atoms with Crippen molar-refractivity contribution in [1.29, 1.82) is 0 Å². The van der Waals surface area contributed by atoms with E-state index >= 15 is 0 Å². The summed E-state index contributed by atoms with van der Waals surface area (Å²) in [5.41, 5.74) is 6.21. The quantitative estimate of drug-likeness (QED) is 0.226. The highest BCUT2D eigenvalue weighted by Crippen LogP contribution is 2.47. The maximum absolute atomic E-state index is 6.41. The minimum Gasteiger partial charge on any atom is -0.335 e. The summed E-state index contributed by atoms with van der Waals surface area (Å²) in [6.45, 7) is 8.23. The van der Waals surface area contributed by atoms with Crippen LogP contribution in [0.5, 0.6) is 0 Å². The summed E-state index contributed by atoms with van der Waals surface area (Å²) in [5, 5.41) is 4.00. The number of thioether (sulfide) groups is 1. The first-order valence-electron chi connectivity index (χ1n) is 11.8. The number of nitrogens with zero attached hydrogens (tertiary/aromatic N) is 2. The summed E-state index contributed by atoms with van der Waals surface area (Å²) >= 11 is 16.3. The number of fused-ring (bicyclic) bond motifs is 2. The monoisotopic (exact) mass is 537 g/mol. The molecule has 0 radical (unpaired) electrons. The molecule has 0 bridgehead atoms. The molecule has 0 saturated carbocycles. The minimum absolute atomic E-state index is 0.763. The molecule has 178 valence electrons. The SMILES string of the molecule is CCC(=C/c1sc2ccc(Cl)cc2[n+]1Cc1ccc(C)cc1)/C=C1\Sc2ccc(Cl)cc2N1CC. The van der Waals surface area contributed by atoms with Crippen LogP contribution in [0.3, 0.4) is 0 Å². The smallest absolute Gasteiger partial charge is 0.263 e. The van der Waals surface area contributed by atoms with Gasteiger partial charge in [-0.2, -0.15) is 4.57 Å². The second-order valence-corrected chi connectivity index (χ2v) is 11.6. The summed E-state index contributed by atoms with van der Waals surface area (Å²) in [5.74, 6) is 0. The predicted octanol–water partition coefficient (Wildman–Crippen LogP) is 9.12. The Labute approximate surface area is 225 Å². The van der Waals surface area contributed by atoms with Gasteiger partial charge < -0.3 is 4.90 Å². The van der Waals surface area contributed by atoms with Crippen molar-refractivity contribution in [3.05, 3.63) is 104 Å². The van der Waals surface area contributed by atoms with E-state index in [0.29, 0.717) is 0 Å². The Hall–Kier alpha value is -2.24. The summed E-state index contributed by atoms with van der Waals surface area (Å²) in [6.07, 6.45) is 5.61. The van der Waals surface area contributed by atoms with E-state index in [9.17, 15) is 0 Å². The Morgan fingerprint density at radius 3 is 2.46 bits per heavy atom. The number of halogens is 2. The van der Waals surface area contributed by atoms with Crippen LogP contribution < -0.4 is 9.47 Å². The molecule has 6 heteroatoms. The van der Waals surface area contributed by atoms with Crippen LogP contribution in [-0.4, -0.2) is 6.54 Å². The molecule has 3 aromatic carbocycles. The molecular weight excluding hydrogens is 511 g/mol. The third kappa shape index (κ3) is 5.17. The highest BCUT2D eigenvalue weighted by atomic mass is 35.5. The van der Waals surface area contributed by atoms with Crippen LogP contribution >= 0.6 is 46.3 Å².